The third-order valence-corrected chi connectivity index (χ3v) is 7.31. The van der Waals surface area contributed by atoms with E-state index >= 15 is 4.39 Å². The molecule has 4 aliphatic rings. The van der Waals surface area contributed by atoms with Gasteiger partial charge in [0.2, 0.25) is 17.4 Å². The summed E-state index contributed by atoms with van der Waals surface area (Å²) in [6.07, 6.45) is -2.19. The highest BCUT2D eigenvalue weighted by Crippen LogP contribution is 2.50. The number of anilines is 2. The van der Waals surface area contributed by atoms with Crippen LogP contribution in [-0.2, 0) is 25.5 Å². The lowest BCUT2D eigenvalue weighted by molar-refractivity contribution is -0.153. The Morgan fingerprint density at radius 2 is 1.92 bits per heavy atom. The van der Waals surface area contributed by atoms with Gasteiger partial charge in [0.1, 0.15) is 19.3 Å². The number of hydrogen-bond acceptors (Lipinski definition) is 9. The number of carbonyl (C=O) groups excluding carboxylic acids is 4. The first kappa shape index (κ1) is 22.6. The second kappa shape index (κ2) is 7.59. The van der Waals surface area contributed by atoms with E-state index in [0.717, 1.165) is 4.90 Å². The topological polar surface area (TPSA) is 143 Å². The summed E-state index contributed by atoms with van der Waals surface area (Å²) in [5.74, 6) is -2.59. The zero-order chi connectivity index (χ0) is 25.5. The van der Waals surface area contributed by atoms with E-state index in [1.807, 2.05) is 0 Å². The summed E-state index contributed by atoms with van der Waals surface area (Å²) in [7, 11) is 0. The van der Waals surface area contributed by atoms with Gasteiger partial charge in [0.25, 0.3) is 0 Å². The monoisotopic (exact) mass is 505 g/mol. The number of hydrogen-bond donors (Lipinski definition) is 2. The number of nitrogens with zero attached hydrogens (tertiary/aromatic N) is 3. The largest absolute Gasteiger partial charge is 0.447 e. The first-order valence-electron chi connectivity index (χ1n) is 11.4. The third kappa shape index (κ3) is 2.84. The molecule has 1 aromatic heterocycles. The Morgan fingerprint density at radius 3 is 2.61 bits per heavy atom. The molecule has 6 rings (SSSR count). The predicted molar refractivity (Wildman–Crippen MR) is 117 cm³/mol. The number of alkyl halides is 1. The highest BCUT2D eigenvalue weighted by Gasteiger charge is 2.63. The van der Waals surface area contributed by atoms with E-state index < -0.39 is 60.0 Å². The summed E-state index contributed by atoms with van der Waals surface area (Å²) in [6, 6.07) is -1.38. The molecule has 2 aromatic rings. The van der Waals surface area contributed by atoms with Gasteiger partial charge >= 0.3 is 12.1 Å². The lowest BCUT2D eigenvalue weighted by Crippen LogP contribution is -2.75. The van der Waals surface area contributed by atoms with Crippen LogP contribution in [0.1, 0.15) is 19.4 Å². The zero-order valence-electron chi connectivity index (χ0n) is 19.2. The molecule has 1 spiro atoms. The molecule has 4 aliphatic heterocycles. The van der Waals surface area contributed by atoms with Gasteiger partial charge in [-0.15, -0.1) is 0 Å². The van der Waals surface area contributed by atoms with Crippen molar-refractivity contribution in [3.05, 3.63) is 17.4 Å². The van der Waals surface area contributed by atoms with Crippen molar-refractivity contribution in [3.63, 3.8) is 0 Å². The molecule has 0 saturated carbocycles. The number of urea groups is 1. The Labute approximate surface area is 201 Å². The lowest BCUT2D eigenvalue weighted by atomic mass is 9.66. The summed E-state index contributed by atoms with van der Waals surface area (Å²) in [5.41, 5.74) is -1.72. The number of nitrogens with one attached hydrogen (secondary N) is 2. The number of cyclic esters (lactones) is 1. The normalized spacial score (nSPS) is 29.2. The number of aromatic nitrogens is 1. The van der Waals surface area contributed by atoms with Crippen molar-refractivity contribution in [3.8, 4) is 0 Å². The molecule has 5 heterocycles. The summed E-state index contributed by atoms with van der Waals surface area (Å²) in [4.78, 5) is 53.2. The molecule has 36 heavy (non-hydrogen) atoms. The molecule has 2 N–H and O–H groups in total. The second-order valence-electron chi connectivity index (χ2n) is 9.47. The maximum Gasteiger partial charge on any atom is 0.416 e. The van der Waals surface area contributed by atoms with Gasteiger partial charge in [-0.2, -0.15) is 0 Å². The van der Waals surface area contributed by atoms with Gasteiger partial charge in [0.15, 0.2) is 17.1 Å². The predicted octanol–water partition coefficient (Wildman–Crippen LogP) is 1.15. The fourth-order valence-corrected chi connectivity index (χ4v) is 5.94. The van der Waals surface area contributed by atoms with Crippen molar-refractivity contribution >= 4 is 46.4 Å². The molecular weight excluding hydrogens is 484 g/mol. The van der Waals surface area contributed by atoms with E-state index in [2.05, 4.69) is 15.8 Å². The smallest absolute Gasteiger partial charge is 0.416 e. The Balaban J connectivity index is 1.57. The molecule has 5 amide bonds. The van der Waals surface area contributed by atoms with E-state index in [1.54, 1.807) is 18.7 Å². The average Bonchev–Trinajstić information content (AvgIpc) is 3.39. The van der Waals surface area contributed by atoms with Crippen molar-refractivity contribution in [2.45, 2.75) is 44.6 Å². The molecule has 1 aromatic carbocycles. The van der Waals surface area contributed by atoms with Crippen LogP contribution < -0.4 is 20.4 Å². The number of morpholine rings is 1. The van der Waals surface area contributed by atoms with E-state index in [4.69, 9.17) is 14.0 Å². The molecule has 0 aliphatic carbocycles. The summed E-state index contributed by atoms with van der Waals surface area (Å²) >= 11 is 0. The van der Waals surface area contributed by atoms with Crippen molar-refractivity contribution in [1.29, 1.82) is 0 Å². The van der Waals surface area contributed by atoms with Crippen LogP contribution in [0, 0.1) is 11.2 Å². The number of halogens is 2. The van der Waals surface area contributed by atoms with Crippen LogP contribution >= 0.6 is 0 Å². The number of ether oxygens (including phenoxy) is 2. The minimum absolute atomic E-state index is 0.0548. The molecule has 4 atom stereocenters. The van der Waals surface area contributed by atoms with Crippen LogP contribution in [0.25, 0.3) is 11.0 Å². The number of barbiturate groups is 1. The molecule has 3 fully saturated rings. The SMILES string of the molecule is CC1CN2c3c(cc4c(N5C(=O)OCC5CF)noc4c3F)CC3(C(=O)NC(=O)NC3=O)C2C(C)O1. The fraction of sp³-hybridized carbons (Fsp3) is 0.500. The van der Waals surface area contributed by atoms with Gasteiger partial charge < -0.3 is 18.9 Å². The maximum absolute atomic E-state index is 16.1. The van der Waals surface area contributed by atoms with Crippen molar-refractivity contribution in [1.82, 2.24) is 15.8 Å². The molecule has 3 saturated heterocycles. The first-order valence-corrected chi connectivity index (χ1v) is 11.4. The highest BCUT2D eigenvalue weighted by molar-refractivity contribution is 6.20. The van der Waals surface area contributed by atoms with E-state index in [-0.39, 0.29) is 53.7 Å². The maximum atomic E-state index is 16.1. The Kier molecular flexibility index (Phi) is 4.78. The van der Waals surface area contributed by atoms with Gasteiger partial charge in [-0.3, -0.25) is 20.2 Å². The minimum atomic E-state index is -1.81. The van der Waals surface area contributed by atoms with Crippen molar-refractivity contribution < 1.29 is 42.0 Å². The molecule has 12 nitrogen and oxygen atoms in total. The Morgan fingerprint density at radius 1 is 1.19 bits per heavy atom. The summed E-state index contributed by atoms with van der Waals surface area (Å²) in [5, 5.41) is 8.21. The lowest BCUT2D eigenvalue weighted by Gasteiger charge is -2.55. The van der Waals surface area contributed by atoms with Crippen LogP contribution in [0.4, 0.5) is 29.9 Å². The van der Waals surface area contributed by atoms with E-state index in [9.17, 15) is 23.6 Å². The first-order chi connectivity index (χ1) is 17.2. The summed E-state index contributed by atoms with van der Waals surface area (Å²) < 4.78 is 45.7. The molecule has 14 heteroatoms. The molecular formula is C22H21F2N5O7. The highest BCUT2D eigenvalue weighted by atomic mass is 19.1. The van der Waals surface area contributed by atoms with Crippen LogP contribution in [0.5, 0.6) is 0 Å². The number of imide groups is 2. The van der Waals surface area contributed by atoms with Gasteiger partial charge in [-0.25, -0.2) is 23.3 Å². The Bertz CT molecular complexity index is 1330. The second-order valence-corrected chi connectivity index (χ2v) is 9.47. The Hall–Kier alpha value is -3.81. The van der Waals surface area contributed by atoms with E-state index in [0.29, 0.717) is 0 Å². The average molecular weight is 505 g/mol. The van der Waals surface area contributed by atoms with Crippen LogP contribution in [0.2, 0.25) is 0 Å². The van der Waals surface area contributed by atoms with Gasteiger partial charge in [0, 0.05) is 13.0 Å². The minimum Gasteiger partial charge on any atom is -0.447 e. The quantitative estimate of drug-likeness (QED) is 0.575. The number of amides is 5. The van der Waals surface area contributed by atoms with Crippen LogP contribution in [0.3, 0.4) is 0 Å². The molecule has 4 unspecified atom stereocenters. The molecule has 0 bridgehead atoms. The standard InChI is InChI=1S/C22H21F2N5O7/c1-8-6-28-14-10(4-22(16(28)9(2)35-8)18(30)25-20(32)26-19(22)31)3-12-15(13(14)24)36-27-17(12)29-11(5-23)7-34-21(29)33/h3,8-9,11,16H,4-7H2,1-2H3,(H2,25,26,30,31,32). The third-order valence-electron chi connectivity index (χ3n) is 7.31. The zero-order valence-corrected chi connectivity index (χ0v) is 19.2. The number of carbonyl (C=O) groups is 4. The van der Waals surface area contributed by atoms with Gasteiger partial charge in [0.05, 0.1) is 29.3 Å². The number of rotatable bonds is 2. The number of fused-ring (bicyclic) bond motifs is 5. The van der Waals surface area contributed by atoms with Gasteiger partial charge in [-0.1, -0.05) is 5.16 Å². The van der Waals surface area contributed by atoms with E-state index in [1.165, 1.54) is 6.07 Å². The fourth-order valence-electron chi connectivity index (χ4n) is 5.94. The van der Waals surface area contributed by atoms with Crippen LogP contribution in [0.15, 0.2) is 10.6 Å². The van der Waals surface area contributed by atoms with Crippen LogP contribution in [-0.4, -0.2) is 73.2 Å². The van der Waals surface area contributed by atoms with Gasteiger partial charge in [-0.05, 0) is 25.5 Å². The number of benzene rings is 1. The molecule has 190 valence electrons. The summed E-state index contributed by atoms with van der Waals surface area (Å²) in [6.45, 7) is 2.47. The molecule has 0 radical (unpaired) electrons. The van der Waals surface area contributed by atoms with Crippen molar-refractivity contribution in [2.24, 2.45) is 5.41 Å². The van der Waals surface area contributed by atoms with Crippen molar-refractivity contribution in [2.75, 3.05) is 29.6 Å².